The first kappa shape index (κ1) is 24.8. The molecule has 0 aliphatic carbocycles. The maximum atomic E-state index is 9.60. The van der Waals surface area contributed by atoms with E-state index in [4.69, 9.17) is 26.6 Å². The highest BCUT2D eigenvalue weighted by atomic mass is 35.5. The van der Waals surface area contributed by atoms with Gasteiger partial charge in [-0.15, -0.1) is 0 Å². The van der Waals surface area contributed by atoms with Crippen molar-refractivity contribution in [1.29, 1.82) is 0 Å². The van der Waals surface area contributed by atoms with Gasteiger partial charge in [-0.1, -0.05) is 50.2 Å². The van der Waals surface area contributed by atoms with E-state index in [0.717, 1.165) is 17.9 Å². The average molecular weight is 338 g/mol. The minimum Gasteiger partial charge on any atom is -0.481 e. The van der Waals surface area contributed by atoms with Crippen LogP contribution in [0.15, 0.2) is 24.3 Å². The minimum atomic E-state index is -1.14. The van der Waals surface area contributed by atoms with Gasteiger partial charge in [0, 0.05) is 11.4 Å². The Morgan fingerprint density at radius 1 is 1.14 bits per heavy atom. The highest BCUT2D eigenvalue weighted by Gasteiger charge is 1.87. The van der Waals surface area contributed by atoms with Crippen LogP contribution in [0.2, 0.25) is 5.02 Å². The van der Waals surface area contributed by atoms with Crippen LogP contribution in [0.3, 0.4) is 0 Å². The van der Waals surface area contributed by atoms with E-state index in [0.29, 0.717) is 6.42 Å². The van der Waals surface area contributed by atoms with Crippen molar-refractivity contribution in [3.05, 3.63) is 34.9 Å². The number of benzene rings is 1. The molecule has 122 valence electrons. The highest BCUT2D eigenvalue weighted by molar-refractivity contribution is 7.96. The molecular formula is C14H24ClNO4S. The third kappa shape index (κ3) is 27.8. The molecule has 0 spiro atoms. The molecule has 0 amide bonds. The first-order chi connectivity index (χ1) is 9.83. The average Bonchev–Trinajstić information content (AvgIpc) is 2.42. The smallest absolute Gasteiger partial charge is 0.361 e. The molecule has 0 heterocycles. The van der Waals surface area contributed by atoms with Crippen LogP contribution in [0.25, 0.3) is 0 Å². The van der Waals surface area contributed by atoms with Crippen molar-refractivity contribution in [2.75, 3.05) is 7.05 Å². The van der Waals surface area contributed by atoms with Crippen molar-refractivity contribution in [3.8, 4) is 0 Å². The van der Waals surface area contributed by atoms with E-state index in [-0.39, 0.29) is 0 Å². The van der Waals surface area contributed by atoms with Crippen LogP contribution < -0.4 is 5.73 Å². The fourth-order valence-electron chi connectivity index (χ4n) is 0.934. The van der Waals surface area contributed by atoms with Gasteiger partial charge in [-0.2, -0.15) is 0 Å². The van der Waals surface area contributed by atoms with Crippen molar-refractivity contribution < 1.29 is 19.8 Å². The third-order valence-electron chi connectivity index (χ3n) is 1.79. The van der Waals surface area contributed by atoms with Gasteiger partial charge in [0.2, 0.25) is 0 Å². The lowest BCUT2D eigenvalue weighted by molar-refractivity contribution is -0.137. The van der Waals surface area contributed by atoms with Crippen LogP contribution in [-0.2, 0) is 11.2 Å². The van der Waals surface area contributed by atoms with E-state index < -0.39 is 11.3 Å². The summed E-state index contributed by atoms with van der Waals surface area (Å²) in [6.07, 6.45) is 2.10. The summed E-state index contributed by atoms with van der Waals surface area (Å²) >= 11 is 8.55. The molecule has 7 heteroatoms. The molecule has 4 N–H and O–H groups in total. The maximum Gasteiger partial charge on any atom is 0.361 e. The summed E-state index contributed by atoms with van der Waals surface area (Å²) in [6.45, 7) is 3.97. The van der Waals surface area contributed by atoms with Crippen LogP contribution in [0.1, 0.15) is 32.3 Å². The van der Waals surface area contributed by atoms with Crippen LogP contribution in [-0.4, -0.2) is 28.5 Å². The number of carbonyl (C=O) groups is 2. The Hall–Kier alpha value is -1.24. The predicted molar refractivity (Wildman–Crippen MR) is 90.5 cm³/mol. The lowest BCUT2D eigenvalue weighted by Crippen LogP contribution is -1.90. The van der Waals surface area contributed by atoms with Crippen molar-refractivity contribution in [1.82, 2.24) is 0 Å². The van der Waals surface area contributed by atoms with Gasteiger partial charge < -0.3 is 15.9 Å². The number of nitrogens with two attached hydrogens (primary N) is 1. The van der Waals surface area contributed by atoms with Gasteiger partial charge in [-0.05, 0) is 37.6 Å². The number of rotatable bonds is 3. The molecule has 0 saturated carbocycles. The van der Waals surface area contributed by atoms with Crippen LogP contribution in [0.4, 0.5) is 4.79 Å². The Balaban J connectivity index is -0.000000236. The monoisotopic (exact) mass is 337 g/mol. The fourth-order valence-corrected chi connectivity index (χ4v) is 1.06. The van der Waals surface area contributed by atoms with E-state index in [1.807, 2.05) is 31.2 Å². The molecule has 0 bridgehead atoms. The zero-order valence-corrected chi connectivity index (χ0v) is 14.2. The van der Waals surface area contributed by atoms with E-state index in [2.05, 4.69) is 25.3 Å². The topological polar surface area (TPSA) is 101 Å². The molecule has 1 rings (SSSR count). The van der Waals surface area contributed by atoms with Gasteiger partial charge in [-0.3, -0.25) is 4.79 Å². The molecule has 0 aliphatic heterocycles. The third-order valence-corrected chi connectivity index (χ3v) is 2.04. The number of hydrogen-bond acceptors (Lipinski definition) is 3. The Labute approximate surface area is 136 Å². The SMILES string of the molecule is CCCC(=O)O.CCc1ccc(Cl)cc1.CN.O=C(O)S. The number of carboxylic acids is 1. The highest BCUT2D eigenvalue weighted by Crippen LogP contribution is 2.09. The summed E-state index contributed by atoms with van der Waals surface area (Å²) in [5.41, 5.74) is 5.83. The number of thiol groups is 1. The molecule has 0 aliphatic rings. The van der Waals surface area contributed by atoms with Crippen LogP contribution in [0, 0.1) is 0 Å². The Morgan fingerprint density at radius 3 is 1.71 bits per heavy atom. The molecule has 0 radical (unpaired) electrons. The quantitative estimate of drug-likeness (QED) is 0.626. The van der Waals surface area contributed by atoms with E-state index >= 15 is 0 Å². The van der Waals surface area contributed by atoms with Crippen LogP contribution in [0.5, 0.6) is 0 Å². The van der Waals surface area contributed by atoms with Gasteiger partial charge in [0.05, 0.1) is 0 Å². The largest absolute Gasteiger partial charge is 0.481 e. The summed E-state index contributed by atoms with van der Waals surface area (Å²) < 4.78 is 0. The number of carboxylic acid groups (broad SMARTS) is 2. The first-order valence-corrected chi connectivity index (χ1v) is 7.11. The molecule has 5 nitrogen and oxygen atoms in total. The molecule has 0 unspecified atom stereocenters. The summed E-state index contributed by atoms with van der Waals surface area (Å²) in [5, 5.41) is 14.9. The summed E-state index contributed by atoms with van der Waals surface area (Å²) in [4.78, 5) is 18.5. The van der Waals surface area contributed by atoms with Gasteiger partial charge >= 0.3 is 11.3 Å². The molecule has 1 aromatic rings. The van der Waals surface area contributed by atoms with E-state index in [9.17, 15) is 4.79 Å². The van der Waals surface area contributed by atoms with Crippen molar-refractivity contribution in [2.24, 2.45) is 5.73 Å². The molecule has 21 heavy (non-hydrogen) atoms. The molecule has 0 fully saturated rings. The Morgan fingerprint density at radius 2 is 1.52 bits per heavy atom. The number of halogens is 1. The summed E-state index contributed by atoms with van der Waals surface area (Å²) in [6, 6.07) is 7.92. The Kier molecular flexibility index (Phi) is 22.1. The minimum absolute atomic E-state index is 0.292. The lowest BCUT2D eigenvalue weighted by atomic mass is 10.2. The van der Waals surface area contributed by atoms with Gasteiger partial charge in [-0.25, -0.2) is 4.79 Å². The fraction of sp³-hybridized carbons (Fsp3) is 0.429. The molecule has 1 aromatic carbocycles. The first-order valence-electron chi connectivity index (χ1n) is 6.29. The van der Waals surface area contributed by atoms with Crippen molar-refractivity contribution in [2.45, 2.75) is 33.1 Å². The lowest BCUT2D eigenvalue weighted by Gasteiger charge is -1.93. The Bertz CT molecular complexity index is 368. The van der Waals surface area contributed by atoms with Gasteiger partial charge in [0.1, 0.15) is 0 Å². The van der Waals surface area contributed by atoms with Crippen molar-refractivity contribution >= 4 is 35.5 Å². The molecule has 0 aromatic heterocycles. The predicted octanol–water partition coefficient (Wildman–Crippen LogP) is 3.94. The molecule has 0 atom stereocenters. The number of aryl methyl sites for hydroxylation is 1. The maximum absolute atomic E-state index is 9.60. The normalized spacial score (nSPS) is 7.90. The van der Waals surface area contributed by atoms with Crippen LogP contribution >= 0.6 is 24.2 Å². The molecular weight excluding hydrogens is 314 g/mol. The standard InChI is InChI=1S/C8H9Cl.C4H8O2.CH5N.CH2O2S/c1-2-7-3-5-8(9)6-4-7;1-2-3-4(5)6;1-2;2-1(3)4/h3-6H,2H2,1H3;2-3H2,1H3,(H,5,6);2H2,1H3;4H,(H,2,3). The number of hydrogen-bond donors (Lipinski definition) is 4. The number of aliphatic carboxylic acids is 1. The zero-order chi connectivity index (χ0) is 17.3. The second-order valence-corrected chi connectivity index (χ2v) is 4.23. The zero-order valence-electron chi connectivity index (χ0n) is 12.5. The second-order valence-electron chi connectivity index (χ2n) is 3.41. The van der Waals surface area contributed by atoms with Crippen molar-refractivity contribution in [3.63, 3.8) is 0 Å². The molecule has 0 saturated heterocycles. The van der Waals surface area contributed by atoms with E-state index in [1.165, 1.54) is 12.6 Å². The summed E-state index contributed by atoms with van der Waals surface area (Å²) in [5.74, 6) is -0.711. The second kappa shape index (κ2) is 18.8. The van der Waals surface area contributed by atoms with E-state index in [1.54, 1.807) is 0 Å². The van der Waals surface area contributed by atoms with Gasteiger partial charge in [0.25, 0.3) is 0 Å². The van der Waals surface area contributed by atoms with Gasteiger partial charge in [0.15, 0.2) is 0 Å². The summed E-state index contributed by atoms with van der Waals surface area (Å²) in [7, 11) is 1.50.